The van der Waals surface area contributed by atoms with Gasteiger partial charge in [-0.15, -0.1) is 0 Å². The van der Waals surface area contributed by atoms with Crippen molar-refractivity contribution in [2.45, 2.75) is 524 Å². The molecule has 2 aromatic rings. The zero-order valence-corrected chi connectivity index (χ0v) is 86.7. The Labute approximate surface area is 768 Å². The van der Waals surface area contributed by atoms with E-state index in [1.165, 1.54) is 0 Å². The Bertz CT molecular complexity index is 3340. The minimum atomic E-state index is -0.422. The van der Waals surface area contributed by atoms with Gasteiger partial charge in [0.25, 0.3) is 0 Å². The summed E-state index contributed by atoms with van der Waals surface area (Å²) in [6.45, 7) is 81.5. The van der Waals surface area contributed by atoms with Crippen LogP contribution in [0.3, 0.4) is 0 Å². The quantitative estimate of drug-likeness (QED) is 0.0341. The van der Waals surface area contributed by atoms with Crippen molar-refractivity contribution >= 4 is 47.6 Å². The van der Waals surface area contributed by atoms with Gasteiger partial charge in [0.1, 0.15) is 0 Å². The molecule has 8 heterocycles. The summed E-state index contributed by atoms with van der Waals surface area (Å²) in [6.07, 6.45) is 38.5. The van der Waals surface area contributed by atoms with Gasteiger partial charge in [0.15, 0.2) is 0 Å². The fraction of sp³-hybridized carbons (Fsp3) is 0.922. The maximum absolute atomic E-state index is 6.26. The van der Waals surface area contributed by atoms with E-state index in [-0.39, 0.29) is 85.6 Å². The second-order valence-electron chi connectivity index (χ2n) is 46.6. The van der Waals surface area contributed by atoms with Gasteiger partial charge in [-0.05, 0) is 286 Å². The summed E-state index contributed by atoms with van der Waals surface area (Å²) < 4.78 is 0. The molecule has 6 aliphatic heterocycles. The number of hydrogen-bond donors (Lipinski definition) is 6. The Morgan fingerprint density at radius 2 is 0.400 bits per heavy atom. The Morgan fingerprint density at radius 1 is 0.216 bits per heavy atom. The van der Waals surface area contributed by atoms with Gasteiger partial charge >= 0.3 is 0 Å². The first-order chi connectivity index (χ1) is 58.8. The highest BCUT2D eigenvalue weighted by atomic mass is 15.5. The van der Waals surface area contributed by atoms with Crippen molar-refractivity contribution in [2.75, 3.05) is 114 Å². The summed E-state index contributed by atoms with van der Waals surface area (Å²) in [6, 6.07) is 1.26. The van der Waals surface area contributed by atoms with Gasteiger partial charge in [0.05, 0.1) is 0 Å². The van der Waals surface area contributed by atoms with Gasteiger partial charge in [-0.3, -0.25) is 10.2 Å². The molecule has 720 valence electrons. The Kier molecular flexibility index (Phi) is 40.2. The summed E-state index contributed by atoms with van der Waals surface area (Å²) in [4.78, 5) is 69.9. The van der Waals surface area contributed by atoms with E-state index < -0.39 is 6.29 Å². The van der Waals surface area contributed by atoms with E-state index in [9.17, 15) is 0 Å². The van der Waals surface area contributed by atoms with E-state index in [2.05, 4.69) is 277 Å². The molecule has 0 aromatic carbocycles. The Balaban J connectivity index is 1.19. The van der Waals surface area contributed by atoms with Gasteiger partial charge in [-0.1, -0.05) is 146 Å². The highest BCUT2D eigenvalue weighted by molar-refractivity contribution is 6.00. The number of rotatable bonds is 53. The van der Waals surface area contributed by atoms with Crippen LogP contribution in [0.15, 0.2) is 9.98 Å². The molecule has 0 spiro atoms. The van der Waals surface area contributed by atoms with Gasteiger partial charge in [-0.25, -0.2) is 9.98 Å². The van der Waals surface area contributed by atoms with Crippen LogP contribution in [0.5, 0.6) is 0 Å². The van der Waals surface area contributed by atoms with E-state index in [4.69, 9.17) is 39.9 Å². The minimum absolute atomic E-state index is 0.0623. The van der Waals surface area contributed by atoms with E-state index >= 15 is 0 Å². The van der Waals surface area contributed by atoms with Gasteiger partial charge in [0.2, 0.25) is 53.9 Å². The molecule has 23 nitrogen and oxygen atoms in total. The zero-order chi connectivity index (χ0) is 91.8. The van der Waals surface area contributed by atoms with E-state index in [1.807, 2.05) is 0 Å². The molecular weight excluding hydrogens is 1550 g/mol. The molecule has 1 atom stereocenters. The topological polar surface area (TPSA) is 203 Å². The molecule has 0 saturated carbocycles. The maximum atomic E-state index is 6.26. The van der Waals surface area contributed by atoms with Crippen LogP contribution < -0.4 is 61.3 Å². The molecule has 2 aromatic heterocycles. The van der Waals surface area contributed by atoms with E-state index in [0.29, 0.717) is 0 Å². The van der Waals surface area contributed by atoms with Gasteiger partial charge in [-0.2, -0.15) is 29.9 Å². The van der Waals surface area contributed by atoms with Crippen molar-refractivity contribution in [3.63, 3.8) is 0 Å². The predicted octanol–water partition coefficient (Wildman–Crippen LogP) is 21.0. The number of aromatic nitrogens is 6. The van der Waals surface area contributed by atoms with Gasteiger partial charge < -0.3 is 65.8 Å². The second-order valence-corrected chi connectivity index (χ2v) is 46.6. The van der Waals surface area contributed by atoms with E-state index in [0.717, 1.165) is 364 Å². The lowest BCUT2D eigenvalue weighted by atomic mass is 9.78. The number of piperidine rings is 5. The van der Waals surface area contributed by atoms with Crippen LogP contribution in [-0.4, -0.2) is 233 Å². The second kappa shape index (κ2) is 47.6. The summed E-state index contributed by atoms with van der Waals surface area (Å²) >= 11 is 0. The van der Waals surface area contributed by atoms with Crippen molar-refractivity contribution in [1.82, 2.24) is 76.5 Å². The van der Waals surface area contributed by atoms with Crippen LogP contribution in [0.2, 0.25) is 0 Å². The van der Waals surface area contributed by atoms with Crippen LogP contribution in [0, 0.1) is 0 Å². The SMILES string of the molecule is CCCCN(CCCC)c1nc(N(CCCC)CCCC)nc(N(CCCCCCN(C2=NC(N(CCCCCCN(c3nc(N(CCCC)CCCC)nc(N(CCCC)CCCC)n3)C3CC(C)(C)NC(C)(C)C3)C3CC(C)(C)NC(C)(C)C3)N=C(N(CCCC)C3CC(C)(C)NC(C)(C)C3)N2)C2CC(C)(C)NC(C)(C)C2)C2CC(C)(C)NC(C)(C)C2)n1. The molecule has 1 unspecified atom stereocenters. The van der Waals surface area contributed by atoms with Crippen LogP contribution >= 0.6 is 0 Å². The molecule has 6 aliphatic rings. The van der Waals surface area contributed by atoms with E-state index in [1.54, 1.807) is 0 Å². The largest absolute Gasteiger partial charge is 0.341 e. The summed E-state index contributed by atoms with van der Waals surface area (Å²) in [5, 5.41) is 24.8. The van der Waals surface area contributed by atoms with Gasteiger partial charge in [0, 0.05) is 171 Å². The molecule has 6 N–H and O–H groups in total. The van der Waals surface area contributed by atoms with Crippen molar-refractivity contribution in [3.05, 3.63) is 0 Å². The molecule has 23 heteroatoms. The van der Waals surface area contributed by atoms with Crippen LogP contribution in [0.25, 0.3) is 0 Å². The fourth-order valence-electron chi connectivity index (χ4n) is 23.3. The molecule has 0 radical (unpaired) electrons. The third-order valence-corrected chi connectivity index (χ3v) is 27.6. The van der Waals surface area contributed by atoms with Crippen LogP contribution in [0.1, 0.15) is 432 Å². The fourth-order valence-corrected chi connectivity index (χ4v) is 23.3. The van der Waals surface area contributed by atoms with Crippen molar-refractivity contribution < 1.29 is 0 Å². The first kappa shape index (κ1) is 106. The average molecular weight is 1750 g/mol. The molecule has 8 rings (SSSR count). The van der Waals surface area contributed by atoms with Crippen molar-refractivity contribution in [1.29, 1.82) is 0 Å². The molecule has 5 saturated heterocycles. The molecule has 0 amide bonds. The lowest BCUT2D eigenvalue weighted by Gasteiger charge is -2.53. The number of nitrogens with zero attached hydrogens (tertiary/aromatic N) is 17. The van der Waals surface area contributed by atoms with Crippen molar-refractivity contribution in [3.8, 4) is 0 Å². The van der Waals surface area contributed by atoms with Crippen LogP contribution in [0.4, 0.5) is 35.7 Å². The Morgan fingerprint density at radius 3 is 0.632 bits per heavy atom. The minimum Gasteiger partial charge on any atom is -0.341 e. The highest BCUT2D eigenvalue weighted by Crippen LogP contribution is 2.41. The van der Waals surface area contributed by atoms with Crippen LogP contribution in [-0.2, 0) is 0 Å². The summed E-state index contributed by atoms with van der Waals surface area (Å²) in [5.41, 5.74) is -0.775. The predicted molar refractivity (Wildman–Crippen MR) is 538 cm³/mol. The number of aliphatic imine (C=N–C) groups is 2. The number of nitrogens with one attached hydrogen (secondary N) is 6. The third-order valence-electron chi connectivity index (χ3n) is 27.6. The zero-order valence-electron chi connectivity index (χ0n) is 86.7. The molecule has 0 bridgehead atoms. The summed E-state index contributed by atoms with van der Waals surface area (Å²) in [5.74, 6) is 7.20. The maximum Gasteiger partial charge on any atom is 0.232 e. The lowest BCUT2D eigenvalue weighted by molar-refractivity contribution is 0.0390. The normalized spacial score (nSPS) is 21.6. The molecule has 5 fully saturated rings. The smallest absolute Gasteiger partial charge is 0.232 e. The standard InChI is InChI=1S/C102H197N23/c1-30-39-56-117(57-40-31-2)84-103-85(118(58-41-32-3)59-42-33-4)106-88(105-84)122(80-71-95(14,15)113-96(16,17)72-80)65-52-48-50-54-67-124(82-75-99(22,23)115-100(24,25)76-82)91-109-90(121(64-47-38-9)79-69-93(10,11)112-94(12,13)70-79)110-92(111-91)125(83-77-101(26,27)116-102(28,29)78-83)68-55-51-49-53-66-123(81-73-97(18,19)114-98(20,21)74-81)89-107-86(119(60-43-34-5)61-44-35-6)104-87(108-89)120(62-45-36-7)63-46-37-8/h79-83,91,112-116H,30-78H2,1-29H3,(H,109,110,111). The number of anilines is 6. The molecule has 0 aliphatic carbocycles. The van der Waals surface area contributed by atoms with Crippen molar-refractivity contribution in [2.24, 2.45) is 9.98 Å². The number of hydrogen-bond acceptors (Lipinski definition) is 23. The monoisotopic (exact) mass is 1740 g/mol. The highest BCUT2D eigenvalue weighted by Gasteiger charge is 2.49. The lowest BCUT2D eigenvalue weighted by Crippen LogP contribution is -2.67. The average Bonchev–Trinajstić information content (AvgIpc) is 0.777. The first-order valence-electron chi connectivity index (χ1n) is 52.1. The Hall–Kier alpha value is -4.68. The summed E-state index contributed by atoms with van der Waals surface area (Å²) in [7, 11) is 0. The number of guanidine groups is 2. The molecular formula is C102H197N23. The third kappa shape index (κ3) is 33.5. The number of unbranched alkanes of at least 4 members (excludes halogenated alkanes) is 15. The first-order valence-corrected chi connectivity index (χ1v) is 52.1. The molecule has 125 heavy (non-hydrogen) atoms.